The molecule has 1 aromatic carbocycles. The Morgan fingerprint density at radius 2 is 1.86 bits per heavy atom. The van der Waals surface area contributed by atoms with Crippen molar-refractivity contribution in [2.75, 3.05) is 13.2 Å². The van der Waals surface area contributed by atoms with E-state index in [2.05, 4.69) is 48.0 Å². The van der Waals surface area contributed by atoms with E-state index in [0.717, 1.165) is 24.7 Å². The minimum Gasteiger partial charge on any atom is -0.489 e. The smallest absolute Gasteiger partial charge is 0.161 e. The molecule has 2 aliphatic rings. The van der Waals surface area contributed by atoms with Crippen LogP contribution in [0.1, 0.15) is 56.3 Å². The number of ether oxygens (including phenoxy) is 2. The van der Waals surface area contributed by atoms with Crippen molar-refractivity contribution in [1.82, 2.24) is 0 Å². The zero-order valence-electron chi connectivity index (χ0n) is 13.0. The van der Waals surface area contributed by atoms with Gasteiger partial charge in [0.25, 0.3) is 0 Å². The van der Waals surface area contributed by atoms with E-state index in [1.165, 1.54) is 37.7 Å². The summed E-state index contributed by atoms with van der Waals surface area (Å²) in [6.07, 6.45) is 6.60. The monoisotopic (exact) mass is 352 g/mol. The van der Waals surface area contributed by atoms with E-state index in [-0.39, 0.29) is 0 Å². The summed E-state index contributed by atoms with van der Waals surface area (Å²) in [4.78, 5) is 0.409. The number of halogens is 1. The van der Waals surface area contributed by atoms with Crippen LogP contribution < -0.4 is 9.47 Å². The summed E-state index contributed by atoms with van der Waals surface area (Å²) in [6, 6.07) is 6.46. The molecule has 2 atom stereocenters. The quantitative estimate of drug-likeness (QED) is 0.668. The summed E-state index contributed by atoms with van der Waals surface area (Å²) in [5.41, 5.74) is 1.74. The van der Waals surface area contributed by atoms with Crippen molar-refractivity contribution in [2.45, 2.75) is 50.8 Å². The maximum atomic E-state index is 5.93. The van der Waals surface area contributed by atoms with Crippen molar-refractivity contribution < 1.29 is 9.47 Å². The van der Waals surface area contributed by atoms with Crippen LogP contribution in [0.3, 0.4) is 0 Å². The summed E-state index contributed by atoms with van der Waals surface area (Å²) < 4.78 is 11.8. The van der Waals surface area contributed by atoms with E-state index in [1.54, 1.807) is 0 Å². The second-order valence-electron chi connectivity index (χ2n) is 6.72. The molecule has 116 valence electrons. The molecule has 1 heterocycles. The normalized spacial score (nSPS) is 25.4. The molecule has 3 heteroatoms. The fourth-order valence-corrected chi connectivity index (χ4v) is 4.71. The fraction of sp³-hybridized carbons (Fsp3) is 0.667. The zero-order chi connectivity index (χ0) is 14.9. The lowest BCUT2D eigenvalue weighted by atomic mass is 9.77. The second-order valence-corrected chi connectivity index (χ2v) is 7.63. The Balaban J connectivity index is 1.86. The molecule has 0 aromatic heterocycles. The Bertz CT molecular complexity index is 494. The van der Waals surface area contributed by atoms with Gasteiger partial charge >= 0.3 is 0 Å². The molecule has 1 fully saturated rings. The molecular formula is C18H25BrO2. The highest BCUT2D eigenvalue weighted by Crippen LogP contribution is 2.54. The van der Waals surface area contributed by atoms with Crippen LogP contribution in [0.2, 0.25) is 0 Å². The highest BCUT2D eigenvalue weighted by Gasteiger charge is 2.39. The van der Waals surface area contributed by atoms with Gasteiger partial charge in [0.2, 0.25) is 0 Å². The van der Waals surface area contributed by atoms with Crippen LogP contribution in [-0.2, 0) is 0 Å². The van der Waals surface area contributed by atoms with Gasteiger partial charge < -0.3 is 9.47 Å². The number of hydrogen-bond acceptors (Lipinski definition) is 2. The van der Waals surface area contributed by atoms with E-state index in [4.69, 9.17) is 9.47 Å². The first-order valence-electron chi connectivity index (χ1n) is 8.18. The molecular weight excluding hydrogens is 328 g/mol. The predicted molar refractivity (Wildman–Crippen MR) is 89.5 cm³/mol. The van der Waals surface area contributed by atoms with E-state index in [0.29, 0.717) is 16.2 Å². The van der Waals surface area contributed by atoms with Gasteiger partial charge in [0, 0.05) is 10.7 Å². The molecule has 0 N–H and O–H groups in total. The van der Waals surface area contributed by atoms with Crippen molar-refractivity contribution in [2.24, 2.45) is 11.3 Å². The molecule has 21 heavy (non-hydrogen) atoms. The number of benzene rings is 1. The molecule has 0 spiro atoms. The third kappa shape index (κ3) is 2.94. The van der Waals surface area contributed by atoms with Crippen LogP contribution in [0, 0.1) is 11.3 Å². The maximum absolute atomic E-state index is 5.93. The van der Waals surface area contributed by atoms with Gasteiger partial charge in [-0.25, -0.2) is 0 Å². The van der Waals surface area contributed by atoms with Gasteiger partial charge in [-0.2, -0.15) is 0 Å². The summed E-state index contributed by atoms with van der Waals surface area (Å²) >= 11 is 3.99. The van der Waals surface area contributed by atoms with Crippen LogP contribution in [0.5, 0.6) is 11.5 Å². The van der Waals surface area contributed by atoms with Crippen LogP contribution >= 0.6 is 15.9 Å². The molecule has 0 bridgehead atoms. The highest BCUT2D eigenvalue weighted by atomic mass is 79.9. The largest absolute Gasteiger partial charge is 0.489 e. The van der Waals surface area contributed by atoms with Crippen molar-refractivity contribution in [3.8, 4) is 11.5 Å². The lowest BCUT2D eigenvalue weighted by molar-refractivity contribution is 0.228. The maximum Gasteiger partial charge on any atom is 0.161 e. The van der Waals surface area contributed by atoms with Crippen molar-refractivity contribution in [3.63, 3.8) is 0 Å². The average Bonchev–Trinajstić information content (AvgIpc) is 2.93. The third-order valence-corrected chi connectivity index (χ3v) is 6.65. The van der Waals surface area contributed by atoms with E-state index in [9.17, 15) is 0 Å². The molecule has 2 nitrogen and oxygen atoms in total. The number of hydrogen-bond donors (Lipinski definition) is 0. The van der Waals surface area contributed by atoms with Gasteiger partial charge in [0.05, 0.1) is 13.2 Å². The zero-order valence-corrected chi connectivity index (χ0v) is 14.6. The van der Waals surface area contributed by atoms with Crippen LogP contribution in [-0.4, -0.2) is 13.2 Å². The molecule has 2 unspecified atom stereocenters. The Labute approximate surface area is 136 Å². The van der Waals surface area contributed by atoms with E-state index < -0.39 is 0 Å². The topological polar surface area (TPSA) is 18.5 Å². The van der Waals surface area contributed by atoms with Gasteiger partial charge in [-0.05, 0) is 42.4 Å². The van der Waals surface area contributed by atoms with Gasteiger partial charge in [0.1, 0.15) is 0 Å². The SMILES string of the molecule is CCC1(C(Br)c2ccc3c(c2)OCC(C)CO3)CCCC1. The number of fused-ring (bicyclic) bond motifs is 1. The number of alkyl halides is 1. The first-order chi connectivity index (χ1) is 10.1. The third-order valence-electron chi connectivity index (χ3n) is 5.15. The Kier molecular flexibility index (Phi) is 4.49. The summed E-state index contributed by atoms with van der Waals surface area (Å²) in [5.74, 6) is 2.24. The Morgan fingerprint density at radius 3 is 2.52 bits per heavy atom. The minimum absolute atomic E-state index is 0.409. The van der Waals surface area contributed by atoms with Crippen molar-refractivity contribution >= 4 is 15.9 Å². The molecule has 1 saturated carbocycles. The number of rotatable bonds is 3. The molecule has 1 aromatic rings. The average molecular weight is 353 g/mol. The minimum atomic E-state index is 0.409. The van der Waals surface area contributed by atoms with E-state index in [1.807, 2.05) is 0 Å². The predicted octanol–water partition coefficient (Wildman–Crippen LogP) is 5.50. The van der Waals surface area contributed by atoms with Gasteiger partial charge in [0.15, 0.2) is 11.5 Å². The van der Waals surface area contributed by atoms with Crippen LogP contribution in [0.4, 0.5) is 0 Å². The summed E-state index contributed by atoms with van der Waals surface area (Å²) in [5, 5.41) is 0. The van der Waals surface area contributed by atoms with Gasteiger partial charge in [-0.3, -0.25) is 0 Å². The van der Waals surface area contributed by atoms with Gasteiger partial charge in [-0.1, -0.05) is 48.7 Å². The first kappa shape index (κ1) is 15.2. The fourth-order valence-electron chi connectivity index (χ4n) is 3.65. The van der Waals surface area contributed by atoms with Crippen molar-refractivity contribution in [1.29, 1.82) is 0 Å². The molecule has 0 saturated heterocycles. The second kappa shape index (κ2) is 6.20. The first-order valence-corrected chi connectivity index (χ1v) is 9.10. The molecule has 1 aliphatic heterocycles. The lowest BCUT2D eigenvalue weighted by Gasteiger charge is -2.33. The Hall–Kier alpha value is -0.700. The highest BCUT2D eigenvalue weighted by molar-refractivity contribution is 9.09. The Morgan fingerprint density at radius 1 is 1.19 bits per heavy atom. The molecule has 3 rings (SSSR count). The molecule has 0 radical (unpaired) electrons. The molecule has 1 aliphatic carbocycles. The van der Waals surface area contributed by atoms with Crippen LogP contribution in [0.15, 0.2) is 18.2 Å². The molecule has 0 amide bonds. The van der Waals surface area contributed by atoms with Crippen LogP contribution in [0.25, 0.3) is 0 Å². The standard InChI is InChI=1S/C18H25BrO2/c1-3-18(8-4-5-9-18)17(19)14-6-7-15-16(10-14)21-12-13(2)11-20-15/h6-7,10,13,17H,3-5,8-9,11-12H2,1-2H3. The van der Waals surface area contributed by atoms with Crippen molar-refractivity contribution in [3.05, 3.63) is 23.8 Å². The lowest BCUT2D eigenvalue weighted by Crippen LogP contribution is -2.21. The summed E-state index contributed by atoms with van der Waals surface area (Å²) in [6.45, 7) is 5.96. The summed E-state index contributed by atoms with van der Waals surface area (Å²) in [7, 11) is 0. The van der Waals surface area contributed by atoms with E-state index >= 15 is 0 Å². The van der Waals surface area contributed by atoms with Gasteiger partial charge in [-0.15, -0.1) is 0 Å².